The van der Waals surface area contributed by atoms with Crippen LogP contribution < -0.4 is 10.6 Å². The van der Waals surface area contributed by atoms with Gasteiger partial charge in [-0.1, -0.05) is 6.42 Å². The first-order valence-electron chi connectivity index (χ1n) is 5.84. The van der Waals surface area contributed by atoms with Crippen LogP contribution in [0.4, 0.5) is 0 Å². The second-order valence-corrected chi connectivity index (χ2v) is 3.93. The van der Waals surface area contributed by atoms with Crippen LogP contribution in [0.3, 0.4) is 0 Å². The standard InChI is InChI=1S/C11H20N2O5/c1-8(15)12-6-4-2-3-5-10(16)13-9(7-14)11(17)18/h9,14H,2-7H2,1H3,(H,12,15)(H,13,16)(H,17,18). The molecule has 0 bridgehead atoms. The van der Waals surface area contributed by atoms with E-state index in [1.807, 2.05) is 0 Å². The molecule has 0 rings (SSSR count). The molecule has 0 fully saturated rings. The first kappa shape index (κ1) is 16.4. The Bertz CT molecular complexity index is 293. The monoisotopic (exact) mass is 260 g/mol. The van der Waals surface area contributed by atoms with Crippen LogP contribution in [0.25, 0.3) is 0 Å². The molecular formula is C11H20N2O5. The van der Waals surface area contributed by atoms with Crippen molar-refractivity contribution in [3.8, 4) is 0 Å². The predicted octanol–water partition coefficient (Wildman–Crippen LogP) is -0.755. The van der Waals surface area contributed by atoms with Gasteiger partial charge in [0.25, 0.3) is 0 Å². The Balaban J connectivity index is 3.59. The maximum absolute atomic E-state index is 11.3. The quantitative estimate of drug-likeness (QED) is 0.407. The molecule has 7 nitrogen and oxygen atoms in total. The molecule has 0 spiro atoms. The summed E-state index contributed by atoms with van der Waals surface area (Å²) in [5.74, 6) is -1.73. The number of amides is 2. The fourth-order valence-corrected chi connectivity index (χ4v) is 1.30. The minimum Gasteiger partial charge on any atom is -0.480 e. The smallest absolute Gasteiger partial charge is 0.328 e. The lowest BCUT2D eigenvalue weighted by molar-refractivity contribution is -0.143. The lowest BCUT2D eigenvalue weighted by Crippen LogP contribution is -2.43. The molecule has 7 heteroatoms. The lowest BCUT2D eigenvalue weighted by Gasteiger charge is -2.11. The van der Waals surface area contributed by atoms with E-state index in [9.17, 15) is 14.4 Å². The summed E-state index contributed by atoms with van der Waals surface area (Å²) in [6, 6.07) is -1.24. The van der Waals surface area contributed by atoms with Crippen molar-refractivity contribution in [3.05, 3.63) is 0 Å². The van der Waals surface area contributed by atoms with E-state index in [4.69, 9.17) is 10.2 Å². The normalized spacial score (nSPS) is 11.7. The number of carboxylic acid groups (broad SMARTS) is 1. The van der Waals surface area contributed by atoms with Crippen LogP contribution in [-0.4, -0.2) is 47.2 Å². The SMILES string of the molecule is CC(=O)NCCCCCC(=O)NC(CO)C(=O)O. The third-order valence-corrected chi connectivity index (χ3v) is 2.27. The molecule has 4 N–H and O–H groups in total. The number of hydrogen-bond donors (Lipinski definition) is 4. The molecule has 0 aliphatic carbocycles. The molecule has 0 aromatic heterocycles. The van der Waals surface area contributed by atoms with Gasteiger partial charge in [0.05, 0.1) is 6.61 Å². The zero-order valence-electron chi connectivity index (χ0n) is 10.4. The molecule has 104 valence electrons. The number of unbranched alkanes of at least 4 members (excludes halogenated alkanes) is 2. The van der Waals surface area contributed by atoms with Crippen LogP contribution in [0, 0.1) is 0 Å². The zero-order chi connectivity index (χ0) is 14.0. The summed E-state index contributed by atoms with van der Waals surface area (Å²) in [6.07, 6.45) is 2.37. The first-order chi connectivity index (χ1) is 8.47. The predicted molar refractivity (Wildman–Crippen MR) is 63.8 cm³/mol. The van der Waals surface area contributed by atoms with Gasteiger partial charge in [-0.05, 0) is 12.8 Å². The van der Waals surface area contributed by atoms with Crippen LogP contribution in [0.5, 0.6) is 0 Å². The van der Waals surface area contributed by atoms with E-state index >= 15 is 0 Å². The summed E-state index contributed by atoms with van der Waals surface area (Å²) in [6.45, 7) is 1.39. The average molecular weight is 260 g/mol. The molecular weight excluding hydrogens is 240 g/mol. The van der Waals surface area contributed by atoms with E-state index in [0.717, 1.165) is 12.8 Å². The van der Waals surface area contributed by atoms with Crippen molar-refractivity contribution in [3.63, 3.8) is 0 Å². The highest BCUT2D eigenvalue weighted by Crippen LogP contribution is 1.99. The summed E-state index contributed by atoms with van der Waals surface area (Å²) in [4.78, 5) is 32.4. The number of aliphatic hydroxyl groups excluding tert-OH is 1. The van der Waals surface area contributed by atoms with Gasteiger partial charge in [0.2, 0.25) is 11.8 Å². The molecule has 0 aromatic carbocycles. The maximum atomic E-state index is 11.3. The largest absolute Gasteiger partial charge is 0.480 e. The van der Waals surface area contributed by atoms with Gasteiger partial charge in [0.1, 0.15) is 6.04 Å². The third-order valence-electron chi connectivity index (χ3n) is 2.27. The van der Waals surface area contributed by atoms with Gasteiger partial charge in [-0.15, -0.1) is 0 Å². The minimum atomic E-state index is -1.25. The molecule has 0 aliphatic heterocycles. The number of carboxylic acids is 1. The van der Waals surface area contributed by atoms with Crippen molar-refractivity contribution in [2.24, 2.45) is 0 Å². The van der Waals surface area contributed by atoms with E-state index in [0.29, 0.717) is 13.0 Å². The second kappa shape index (κ2) is 9.41. The fraction of sp³-hybridized carbons (Fsp3) is 0.727. The van der Waals surface area contributed by atoms with E-state index in [2.05, 4.69) is 10.6 Å². The molecule has 1 atom stereocenters. The maximum Gasteiger partial charge on any atom is 0.328 e. The average Bonchev–Trinajstić information content (AvgIpc) is 2.29. The van der Waals surface area contributed by atoms with Gasteiger partial charge >= 0.3 is 5.97 Å². The Labute approximate surface area is 106 Å². The molecule has 1 unspecified atom stereocenters. The topological polar surface area (TPSA) is 116 Å². The lowest BCUT2D eigenvalue weighted by atomic mass is 10.2. The molecule has 0 aromatic rings. The molecule has 0 saturated heterocycles. The van der Waals surface area contributed by atoms with E-state index in [1.54, 1.807) is 0 Å². The van der Waals surface area contributed by atoms with Crippen LogP contribution in [0.2, 0.25) is 0 Å². The van der Waals surface area contributed by atoms with Gasteiger partial charge in [0.15, 0.2) is 0 Å². The summed E-state index contributed by atoms with van der Waals surface area (Å²) in [5, 5.41) is 22.2. The van der Waals surface area contributed by atoms with E-state index in [1.165, 1.54) is 6.92 Å². The summed E-state index contributed by atoms with van der Waals surface area (Å²) >= 11 is 0. The molecule has 0 saturated carbocycles. The number of nitrogens with one attached hydrogen (secondary N) is 2. The molecule has 2 amide bonds. The highest BCUT2D eigenvalue weighted by Gasteiger charge is 2.17. The number of carbonyl (C=O) groups is 3. The van der Waals surface area contributed by atoms with E-state index < -0.39 is 24.5 Å². The van der Waals surface area contributed by atoms with Crippen molar-refractivity contribution < 1.29 is 24.6 Å². The van der Waals surface area contributed by atoms with Crippen LogP contribution >= 0.6 is 0 Å². The van der Waals surface area contributed by atoms with E-state index in [-0.39, 0.29) is 12.3 Å². The van der Waals surface area contributed by atoms with Crippen molar-refractivity contribution in [1.82, 2.24) is 10.6 Å². The Morgan fingerprint density at radius 3 is 2.33 bits per heavy atom. The Kier molecular flexibility index (Phi) is 8.55. The Morgan fingerprint density at radius 2 is 1.83 bits per heavy atom. The molecule has 18 heavy (non-hydrogen) atoms. The van der Waals surface area contributed by atoms with Gasteiger partial charge in [-0.25, -0.2) is 4.79 Å². The highest BCUT2D eigenvalue weighted by atomic mass is 16.4. The van der Waals surface area contributed by atoms with Gasteiger partial charge in [0, 0.05) is 19.9 Å². The van der Waals surface area contributed by atoms with Crippen molar-refractivity contribution in [2.45, 2.75) is 38.6 Å². The molecule has 0 radical (unpaired) electrons. The summed E-state index contributed by atoms with van der Waals surface area (Å²) in [7, 11) is 0. The van der Waals surface area contributed by atoms with Crippen LogP contribution in [-0.2, 0) is 14.4 Å². The number of aliphatic carboxylic acids is 1. The number of carbonyl (C=O) groups excluding carboxylic acids is 2. The summed E-state index contributed by atoms with van der Waals surface area (Å²) in [5.41, 5.74) is 0. The van der Waals surface area contributed by atoms with Crippen LogP contribution in [0.1, 0.15) is 32.6 Å². The highest BCUT2D eigenvalue weighted by molar-refractivity contribution is 5.83. The third kappa shape index (κ3) is 8.51. The Morgan fingerprint density at radius 1 is 1.17 bits per heavy atom. The van der Waals surface area contributed by atoms with Gasteiger partial charge in [-0.3, -0.25) is 9.59 Å². The van der Waals surface area contributed by atoms with Crippen molar-refractivity contribution in [2.75, 3.05) is 13.2 Å². The second-order valence-electron chi connectivity index (χ2n) is 3.93. The molecule has 0 aliphatic rings. The first-order valence-corrected chi connectivity index (χ1v) is 5.84. The van der Waals surface area contributed by atoms with Crippen molar-refractivity contribution in [1.29, 1.82) is 0 Å². The van der Waals surface area contributed by atoms with Crippen molar-refractivity contribution >= 4 is 17.8 Å². The number of aliphatic hydroxyl groups is 1. The van der Waals surface area contributed by atoms with Gasteiger partial charge < -0.3 is 20.8 Å². The number of hydrogen-bond acceptors (Lipinski definition) is 4. The summed E-state index contributed by atoms with van der Waals surface area (Å²) < 4.78 is 0. The number of rotatable bonds is 9. The van der Waals surface area contributed by atoms with Gasteiger partial charge in [-0.2, -0.15) is 0 Å². The Hall–Kier alpha value is -1.63. The molecule has 0 heterocycles. The van der Waals surface area contributed by atoms with Crippen LogP contribution in [0.15, 0.2) is 0 Å². The zero-order valence-corrected chi connectivity index (χ0v) is 10.4. The fourth-order valence-electron chi connectivity index (χ4n) is 1.30. The minimum absolute atomic E-state index is 0.0833.